The van der Waals surface area contributed by atoms with Crippen molar-refractivity contribution in [1.82, 2.24) is 5.32 Å². The highest BCUT2D eigenvalue weighted by Crippen LogP contribution is 2.12. The lowest BCUT2D eigenvalue weighted by Crippen LogP contribution is -2.32. The second-order valence-electron chi connectivity index (χ2n) is 3.21. The smallest absolute Gasteiger partial charge is 0.119 e. The second kappa shape index (κ2) is 5.12. The number of hydrogen-bond donors (Lipinski definition) is 1. The Morgan fingerprint density at radius 1 is 1.69 bits per heavy atom. The van der Waals surface area contributed by atoms with Crippen molar-refractivity contribution in [3.05, 3.63) is 11.6 Å². The molecule has 1 N–H and O–H groups in total. The molecule has 1 saturated heterocycles. The zero-order valence-corrected chi connectivity index (χ0v) is 8.31. The Morgan fingerprint density at radius 3 is 3.08 bits per heavy atom. The zero-order chi connectivity index (χ0) is 9.68. The SMILES string of the molecule is CCC(F)/C=C1/CCNCC1=NC. The summed E-state index contributed by atoms with van der Waals surface area (Å²) in [6.07, 6.45) is 2.34. The van der Waals surface area contributed by atoms with Gasteiger partial charge in [0.2, 0.25) is 0 Å². The van der Waals surface area contributed by atoms with Crippen molar-refractivity contribution >= 4 is 5.71 Å². The van der Waals surface area contributed by atoms with Gasteiger partial charge < -0.3 is 5.32 Å². The first-order valence-electron chi connectivity index (χ1n) is 4.79. The highest BCUT2D eigenvalue weighted by molar-refractivity contribution is 6.02. The van der Waals surface area contributed by atoms with Crippen LogP contribution in [0.4, 0.5) is 4.39 Å². The van der Waals surface area contributed by atoms with E-state index in [0.29, 0.717) is 6.42 Å². The van der Waals surface area contributed by atoms with E-state index in [0.717, 1.165) is 30.8 Å². The van der Waals surface area contributed by atoms with Crippen LogP contribution in [0.15, 0.2) is 16.6 Å². The fourth-order valence-electron chi connectivity index (χ4n) is 1.43. The Bertz CT molecular complexity index is 221. The third-order valence-corrected chi connectivity index (χ3v) is 2.28. The number of nitrogens with zero attached hydrogens (tertiary/aromatic N) is 1. The number of nitrogens with one attached hydrogen (secondary N) is 1. The molecule has 0 aliphatic carbocycles. The molecule has 1 atom stereocenters. The van der Waals surface area contributed by atoms with E-state index in [1.165, 1.54) is 0 Å². The summed E-state index contributed by atoms with van der Waals surface area (Å²) in [6.45, 7) is 3.56. The van der Waals surface area contributed by atoms with Crippen LogP contribution in [0.3, 0.4) is 0 Å². The van der Waals surface area contributed by atoms with Gasteiger partial charge in [-0.25, -0.2) is 4.39 Å². The molecule has 1 aliphatic rings. The van der Waals surface area contributed by atoms with Crippen molar-refractivity contribution in [3.63, 3.8) is 0 Å². The molecule has 0 saturated carbocycles. The summed E-state index contributed by atoms with van der Waals surface area (Å²) >= 11 is 0. The molecule has 1 aliphatic heterocycles. The van der Waals surface area contributed by atoms with Crippen LogP contribution in [0.5, 0.6) is 0 Å². The van der Waals surface area contributed by atoms with Gasteiger partial charge in [-0.3, -0.25) is 4.99 Å². The maximum Gasteiger partial charge on any atom is 0.119 e. The standard InChI is InChI=1S/C10H17FN2/c1-3-9(11)6-8-4-5-13-7-10(8)12-2/h6,9,13H,3-5,7H2,1-2H3/b8-6-,12-10?. The molecule has 0 radical (unpaired) electrons. The summed E-state index contributed by atoms with van der Waals surface area (Å²) in [5.74, 6) is 0. The summed E-state index contributed by atoms with van der Waals surface area (Å²) in [5.41, 5.74) is 2.08. The van der Waals surface area contributed by atoms with Crippen LogP contribution < -0.4 is 5.32 Å². The van der Waals surface area contributed by atoms with Crippen molar-refractivity contribution < 1.29 is 4.39 Å². The highest BCUT2D eigenvalue weighted by Gasteiger charge is 2.13. The summed E-state index contributed by atoms with van der Waals surface area (Å²) in [5, 5.41) is 3.21. The van der Waals surface area contributed by atoms with Gasteiger partial charge in [0, 0.05) is 13.6 Å². The Balaban J connectivity index is 2.69. The van der Waals surface area contributed by atoms with Crippen LogP contribution in [0.2, 0.25) is 0 Å². The summed E-state index contributed by atoms with van der Waals surface area (Å²) in [7, 11) is 1.76. The fraction of sp³-hybridized carbons (Fsp3) is 0.700. The van der Waals surface area contributed by atoms with Crippen LogP contribution in [-0.4, -0.2) is 32.0 Å². The van der Waals surface area contributed by atoms with E-state index < -0.39 is 6.17 Å². The molecule has 0 bridgehead atoms. The number of aliphatic imine (C=N–C) groups is 1. The molecule has 0 aromatic rings. The number of rotatable bonds is 2. The molecule has 0 aromatic carbocycles. The van der Waals surface area contributed by atoms with Gasteiger partial charge in [-0.1, -0.05) is 6.92 Å². The van der Waals surface area contributed by atoms with E-state index in [-0.39, 0.29) is 0 Å². The number of hydrogen-bond acceptors (Lipinski definition) is 2. The predicted molar refractivity (Wildman–Crippen MR) is 54.1 cm³/mol. The van der Waals surface area contributed by atoms with E-state index in [1.54, 1.807) is 13.1 Å². The average molecular weight is 184 g/mol. The maximum atomic E-state index is 13.1. The fourth-order valence-corrected chi connectivity index (χ4v) is 1.43. The molecular weight excluding hydrogens is 167 g/mol. The topological polar surface area (TPSA) is 24.4 Å². The van der Waals surface area contributed by atoms with Gasteiger partial charge in [0.25, 0.3) is 0 Å². The lowest BCUT2D eigenvalue weighted by molar-refractivity contribution is 0.388. The minimum absolute atomic E-state index is 0.550. The summed E-state index contributed by atoms with van der Waals surface area (Å²) in [4.78, 5) is 4.14. The summed E-state index contributed by atoms with van der Waals surface area (Å²) < 4.78 is 13.1. The molecule has 3 heteroatoms. The Morgan fingerprint density at radius 2 is 2.46 bits per heavy atom. The predicted octanol–water partition coefficient (Wildman–Crippen LogP) is 1.73. The number of alkyl halides is 1. The maximum absolute atomic E-state index is 13.1. The van der Waals surface area contributed by atoms with E-state index in [1.807, 2.05) is 6.92 Å². The van der Waals surface area contributed by atoms with Gasteiger partial charge in [-0.15, -0.1) is 0 Å². The third-order valence-electron chi connectivity index (χ3n) is 2.28. The Kier molecular flexibility index (Phi) is 4.09. The van der Waals surface area contributed by atoms with Crippen LogP contribution in [0.1, 0.15) is 19.8 Å². The molecule has 1 unspecified atom stereocenters. The molecule has 1 rings (SSSR count). The van der Waals surface area contributed by atoms with Crippen molar-refractivity contribution in [3.8, 4) is 0 Å². The van der Waals surface area contributed by atoms with E-state index >= 15 is 0 Å². The van der Waals surface area contributed by atoms with Gasteiger partial charge in [-0.2, -0.15) is 0 Å². The van der Waals surface area contributed by atoms with E-state index in [9.17, 15) is 4.39 Å². The lowest BCUT2D eigenvalue weighted by atomic mass is 10.0. The molecule has 2 nitrogen and oxygen atoms in total. The van der Waals surface area contributed by atoms with Gasteiger partial charge in [-0.05, 0) is 31.0 Å². The minimum atomic E-state index is -0.815. The number of piperidine rings is 1. The zero-order valence-electron chi connectivity index (χ0n) is 8.31. The summed E-state index contributed by atoms with van der Waals surface area (Å²) in [6, 6.07) is 0. The minimum Gasteiger partial charge on any atom is -0.311 e. The largest absolute Gasteiger partial charge is 0.311 e. The first-order valence-corrected chi connectivity index (χ1v) is 4.79. The van der Waals surface area contributed by atoms with Crippen molar-refractivity contribution in [2.24, 2.45) is 4.99 Å². The lowest BCUT2D eigenvalue weighted by Gasteiger charge is -2.18. The Labute approximate surface area is 78.9 Å². The van der Waals surface area contributed by atoms with Crippen molar-refractivity contribution in [1.29, 1.82) is 0 Å². The van der Waals surface area contributed by atoms with Crippen LogP contribution in [0.25, 0.3) is 0 Å². The first-order chi connectivity index (χ1) is 6.27. The van der Waals surface area contributed by atoms with Crippen molar-refractivity contribution in [2.45, 2.75) is 25.9 Å². The van der Waals surface area contributed by atoms with Crippen LogP contribution in [-0.2, 0) is 0 Å². The third kappa shape index (κ3) is 2.92. The quantitative estimate of drug-likeness (QED) is 0.694. The van der Waals surface area contributed by atoms with Gasteiger partial charge in [0.15, 0.2) is 0 Å². The molecule has 0 amide bonds. The molecule has 0 aromatic heterocycles. The van der Waals surface area contributed by atoms with Crippen molar-refractivity contribution in [2.75, 3.05) is 20.1 Å². The monoisotopic (exact) mass is 184 g/mol. The molecule has 13 heavy (non-hydrogen) atoms. The molecule has 1 heterocycles. The molecule has 74 valence electrons. The second-order valence-corrected chi connectivity index (χ2v) is 3.21. The normalized spacial score (nSPS) is 26.7. The molecular formula is C10H17FN2. The van der Waals surface area contributed by atoms with Gasteiger partial charge in [0.05, 0.1) is 5.71 Å². The number of allylic oxidation sites excluding steroid dienone is 1. The molecule has 0 spiro atoms. The first kappa shape index (κ1) is 10.4. The Hall–Kier alpha value is -0.700. The average Bonchev–Trinajstić information content (AvgIpc) is 2.18. The molecule has 1 fully saturated rings. The highest BCUT2D eigenvalue weighted by atomic mass is 19.1. The van der Waals surface area contributed by atoms with E-state index in [2.05, 4.69) is 10.3 Å². The van der Waals surface area contributed by atoms with Gasteiger partial charge in [0.1, 0.15) is 6.17 Å². The van der Waals surface area contributed by atoms with E-state index in [4.69, 9.17) is 0 Å². The van der Waals surface area contributed by atoms with Crippen LogP contribution >= 0.6 is 0 Å². The number of halogens is 1. The van der Waals surface area contributed by atoms with Gasteiger partial charge >= 0.3 is 0 Å². The van der Waals surface area contributed by atoms with Crippen LogP contribution in [0, 0.1) is 0 Å².